The zero-order valence-electron chi connectivity index (χ0n) is 26.3. The summed E-state index contributed by atoms with van der Waals surface area (Å²) in [6.07, 6.45) is -1.41. The Kier molecular flexibility index (Phi) is 8.78. The van der Waals surface area contributed by atoms with E-state index in [1.165, 1.54) is 0 Å². The van der Waals surface area contributed by atoms with Crippen LogP contribution in [0.15, 0.2) is 18.2 Å². The molecule has 0 aliphatic carbocycles. The van der Waals surface area contributed by atoms with E-state index in [-0.39, 0.29) is 36.5 Å². The van der Waals surface area contributed by atoms with Gasteiger partial charge in [0.25, 0.3) is 0 Å². The molecule has 0 unspecified atom stereocenters. The highest BCUT2D eigenvalue weighted by Gasteiger charge is 2.52. The fraction of sp³-hybridized carbons (Fsp3) is 0.742. The van der Waals surface area contributed by atoms with Crippen molar-refractivity contribution >= 4 is 24.5 Å². The quantitative estimate of drug-likeness (QED) is 0.355. The summed E-state index contributed by atoms with van der Waals surface area (Å²) >= 11 is 0. The molecule has 0 saturated carbocycles. The van der Waals surface area contributed by atoms with Gasteiger partial charge in [0.05, 0.1) is 28.1 Å². The Hall–Kier alpha value is -1.90. The van der Waals surface area contributed by atoms with Crippen LogP contribution in [0.3, 0.4) is 0 Å². The maximum absolute atomic E-state index is 12.9. The Bertz CT molecular complexity index is 1050. The zero-order chi connectivity index (χ0) is 29.7. The molecule has 2 fully saturated rings. The molecule has 2 aliphatic rings. The minimum absolute atomic E-state index is 0.0107. The SMILES string of the molecule is Cc1cc(B2OC(C)(C)C(C)(C)O2)ccc1[C@H]1O[C@H](COC(=O)C(C)(C)C)[C@@H](OC(=O)C(C)(C)C)[C@H](C)[C@@H]1C. The number of carbonyl (C=O) groups is 2. The van der Waals surface area contributed by atoms with E-state index in [0.717, 1.165) is 16.6 Å². The molecule has 1 aromatic carbocycles. The summed E-state index contributed by atoms with van der Waals surface area (Å²) < 4.78 is 30.9. The van der Waals surface area contributed by atoms with Gasteiger partial charge < -0.3 is 23.5 Å². The molecule has 0 amide bonds. The van der Waals surface area contributed by atoms with Crippen LogP contribution in [0.5, 0.6) is 0 Å². The number of rotatable bonds is 5. The van der Waals surface area contributed by atoms with E-state index in [1.807, 2.05) is 75.3 Å². The lowest BCUT2D eigenvalue weighted by Gasteiger charge is -2.45. The van der Waals surface area contributed by atoms with Gasteiger partial charge in [-0.15, -0.1) is 0 Å². The number of hydrogen-bond donors (Lipinski definition) is 0. The van der Waals surface area contributed by atoms with Crippen LogP contribution in [0, 0.1) is 29.6 Å². The third kappa shape index (κ3) is 6.71. The number of esters is 2. The predicted octanol–water partition coefficient (Wildman–Crippen LogP) is 5.55. The molecule has 3 rings (SSSR count). The fourth-order valence-corrected chi connectivity index (χ4v) is 4.80. The minimum Gasteiger partial charge on any atom is -0.462 e. The first-order chi connectivity index (χ1) is 17.7. The first kappa shape index (κ1) is 31.6. The van der Waals surface area contributed by atoms with Gasteiger partial charge in [0.2, 0.25) is 0 Å². The standard InChI is InChI=1S/C31H49BO7/c1-18-16-21(32-38-30(10,11)31(12,13)39-32)14-15-22(18)24-19(2)20(3)25(37-27(34)29(7,8)9)23(36-24)17-35-26(33)28(4,5)6/h14-16,19-20,23-25H,17H2,1-13H3/t19-,20+,23+,24-,25-/m0/s1. The highest BCUT2D eigenvalue weighted by molar-refractivity contribution is 6.62. The molecule has 218 valence electrons. The third-order valence-corrected chi connectivity index (χ3v) is 8.49. The molecule has 2 heterocycles. The predicted molar refractivity (Wildman–Crippen MR) is 153 cm³/mol. The zero-order valence-corrected chi connectivity index (χ0v) is 26.3. The van der Waals surface area contributed by atoms with Crippen LogP contribution < -0.4 is 5.46 Å². The molecule has 0 N–H and O–H groups in total. The first-order valence-corrected chi connectivity index (χ1v) is 14.2. The number of aryl methyl sites for hydroxylation is 1. The van der Waals surface area contributed by atoms with Crippen molar-refractivity contribution in [1.82, 2.24) is 0 Å². The topological polar surface area (TPSA) is 80.3 Å². The second-order valence-corrected chi connectivity index (χ2v) is 14.5. The van der Waals surface area contributed by atoms with Crippen molar-refractivity contribution in [1.29, 1.82) is 0 Å². The van der Waals surface area contributed by atoms with Gasteiger partial charge in [-0.3, -0.25) is 9.59 Å². The number of carbonyl (C=O) groups excluding carboxylic acids is 2. The summed E-state index contributed by atoms with van der Waals surface area (Å²) in [6.45, 7) is 25.4. The van der Waals surface area contributed by atoms with Gasteiger partial charge in [0.15, 0.2) is 0 Å². The summed E-state index contributed by atoms with van der Waals surface area (Å²) in [7, 11) is -0.447. The van der Waals surface area contributed by atoms with Crippen molar-refractivity contribution in [2.75, 3.05) is 6.61 Å². The van der Waals surface area contributed by atoms with Gasteiger partial charge in [-0.1, -0.05) is 32.0 Å². The van der Waals surface area contributed by atoms with E-state index in [1.54, 1.807) is 0 Å². The molecular formula is C31H49BO7. The van der Waals surface area contributed by atoms with Crippen molar-refractivity contribution < 1.29 is 33.1 Å². The van der Waals surface area contributed by atoms with Crippen molar-refractivity contribution in [2.45, 2.75) is 120 Å². The number of hydrogen-bond acceptors (Lipinski definition) is 7. The summed E-state index contributed by atoms with van der Waals surface area (Å²) in [6, 6.07) is 6.20. The summed E-state index contributed by atoms with van der Waals surface area (Å²) in [4.78, 5) is 25.5. The maximum atomic E-state index is 12.9. The average Bonchev–Trinajstić information content (AvgIpc) is 3.01. The van der Waals surface area contributed by atoms with Crippen LogP contribution in [0.2, 0.25) is 0 Å². The van der Waals surface area contributed by atoms with Crippen LogP contribution in [-0.4, -0.2) is 49.1 Å². The molecule has 1 aromatic rings. The highest BCUT2D eigenvalue weighted by atomic mass is 16.7. The van der Waals surface area contributed by atoms with Crippen molar-refractivity contribution in [3.63, 3.8) is 0 Å². The van der Waals surface area contributed by atoms with Crippen LogP contribution in [0.4, 0.5) is 0 Å². The van der Waals surface area contributed by atoms with Gasteiger partial charge >= 0.3 is 19.1 Å². The van der Waals surface area contributed by atoms with Crippen LogP contribution in [-0.2, 0) is 33.1 Å². The summed E-state index contributed by atoms with van der Waals surface area (Å²) in [5, 5.41) is 0. The second kappa shape index (κ2) is 10.8. The highest BCUT2D eigenvalue weighted by Crippen LogP contribution is 2.43. The van der Waals surface area contributed by atoms with E-state index in [0.29, 0.717) is 0 Å². The first-order valence-electron chi connectivity index (χ1n) is 14.2. The van der Waals surface area contributed by atoms with Gasteiger partial charge in [-0.25, -0.2) is 0 Å². The van der Waals surface area contributed by atoms with Crippen molar-refractivity contribution in [3.8, 4) is 0 Å². The molecule has 0 bridgehead atoms. The molecule has 5 atom stereocenters. The van der Waals surface area contributed by atoms with Gasteiger partial charge in [-0.05, 0) is 98.7 Å². The Labute approximate surface area is 235 Å². The Morgan fingerprint density at radius 2 is 1.44 bits per heavy atom. The van der Waals surface area contributed by atoms with Gasteiger partial charge in [-0.2, -0.15) is 0 Å². The minimum atomic E-state index is -0.660. The monoisotopic (exact) mass is 544 g/mol. The largest absolute Gasteiger partial charge is 0.494 e. The molecule has 39 heavy (non-hydrogen) atoms. The van der Waals surface area contributed by atoms with Crippen LogP contribution >= 0.6 is 0 Å². The van der Waals surface area contributed by atoms with Crippen LogP contribution in [0.1, 0.15) is 100 Å². The molecule has 2 aliphatic heterocycles. The molecular weight excluding hydrogens is 495 g/mol. The fourth-order valence-electron chi connectivity index (χ4n) is 4.80. The maximum Gasteiger partial charge on any atom is 0.494 e. The Balaban J connectivity index is 1.88. The van der Waals surface area contributed by atoms with E-state index in [4.69, 9.17) is 23.5 Å². The van der Waals surface area contributed by atoms with Crippen molar-refractivity contribution in [2.24, 2.45) is 22.7 Å². The molecule has 2 saturated heterocycles. The lowest BCUT2D eigenvalue weighted by molar-refractivity contribution is -0.214. The lowest BCUT2D eigenvalue weighted by Crippen LogP contribution is -2.51. The summed E-state index contributed by atoms with van der Waals surface area (Å²) in [5.74, 6) is -0.615. The molecule has 0 aromatic heterocycles. The third-order valence-electron chi connectivity index (χ3n) is 8.49. The van der Waals surface area contributed by atoms with E-state index in [2.05, 4.69) is 32.9 Å². The van der Waals surface area contributed by atoms with Gasteiger partial charge in [0.1, 0.15) is 18.8 Å². The smallest absolute Gasteiger partial charge is 0.462 e. The molecule has 8 heteroatoms. The molecule has 0 radical (unpaired) electrons. The lowest BCUT2D eigenvalue weighted by atomic mass is 9.75. The second-order valence-electron chi connectivity index (χ2n) is 14.5. The Morgan fingerprint density at radius 3 is 1.92 bits per heavy atom. The number of benzene rings is 1. The molecule has 0 spiro atoms. The van der Waals surface area contributed by atoms with E-state index in [9.17, 15) is 9.59 Å². The summed E-state index contributed by atoms with van der Waals surface area (Å²) in [5.41, 5.74) is 0.912. The average molecular weight is 545 g/mol. The Morgan fingerprint density at radius 1 is 0.897 bits per heavy atom. The van der Waals surface area contributed by atoms with Crippen LogP contribution in [0.25, 0.3) is 0 Å². The van der Waals surface area contributed by atoms with E-state index < -0.39 is 41.4 Å². The molecule has 7 nitrogen and oxygen atoms in total. The van der Waals surface area contributed by atoms with Crippen molar-refractivity contribution in [3.05, 3.63) is 29.3 Å². The normalized spacial score (nSPS) is 28.7. The van der Waals surface area contributed by atoms with Gasteiger partial charge in [0, 0.05) is 5.92 Å². The number of ether oxygens (including phenoxy) is 3. The van der Waals surface area contributed by atoms with E-state index >= 15 is 0 Å².